The van der Waals surface area contributed by atoms with Crippen LogP contribution in [-0.4, -0.2) is 6.61 Å². The summed E-state index contributed by atoms with van der Waals surface area (Å²) in [6.45, 7) is 2.89. The van der Waals surface area contributed by atoms with Gasteiger partial charge in [-0.25, -0.2) is 0 Å². The van der Waals surface area contributed by atoms with E-state index in [9.17, 15) is 0 Å². The second-order valence-corrected chi connectivity index (χ2v) is 3.71. The normalized spacial score (nSPS) is 29.3. The van der Waals surface area contributed by atoms with Crippen LogP contribution in [0.5, 0.6) is 0 Å². The highest BCUT2D eigenvalue weighted by atomic mass is 16.5. The maximum absolute atomic E-state index is 8.25. The van der Waals surface area contributed by atoms with E-state index in [0.717, 1.165) is 5.92 Å². The first-order chi connectivity index (χ1) is 5.86. The molecule has 68 valence electrons. The first kappa shape index (κ1) is 9.38. The van der Waals surface area contributed by atoms with Gasteiger partial charge in [0.2, 0.25) is 0 Å². The zero-order valence-electron chi connectivity index (χ0n) is 7.75. The number of ether oxygens (including phenoxy) is 1. The fourth-order valence-electron chi connectivity index (χ4n) is 2.08. The Morgan fingerprint density at radius 2 is 2.17 bits per heavy atom. The molecule has 0 spiro atoms. The number of hydrogen-bond acceptors (Lipinski definition) is 2. The average molecular weight is 167 g/mol. The first-order valence-corrected chi connectivity index (χ1v) is 4.87. The van der Waals surface area contributed by atoms with Gasteiger partial charge in [0.15, 0.2) is 0 Å². The zero-order valence-corrected chi connectivity index (χ0v) is 7.75. The van der Waals surface area contributed by atoms with Crippen molar-refractivity contribution in [3.63, 3.8) is 0 Å². The molecule has 1 aliphatic rings. The molecule has 1 saturated carbocycles. The summed E-state index contributed by atoms with van der Waals surface area (Å²) in [5.74, 6) is 1.52. The van der Waals surface area contributed by atoms with Crippen molar-refractivity contribution in [1.29, 1.82) is 5.26 Å². The summed E-state index contributed by atoms with van der Waals surface area (Å²) >= 11 is 0. The minimum atomic E-state index is 0.642. The van der Waals surface area contributed by atoms with Crippen LogP contribution in [0.3, 0.4) is 0 Å². The molecule has 0 aromatic heterocycles. The van der Waals surface area contributed by atoms with Crippen molar-refractivity contribution < 1.29 is 4.74 Å². The summed E-state index contributed by atoms with van der Waals surface area (Å²) in [5.41, 5.74) is 0. The van der Waals surface area contributed by atoms with Crippen LogP contribution in [0.1, 0.15) is 39.0 Å². The average Bonchev–Trinajstić information content (AvgIpc) is 2.15. The second kappa shape index (κ2) is 5.03. The number of hydrogen-bond donors (Lipinski definition) is 0. The van der Waals surface area contributed by atoms with Gasteiger partial charge < -0.3 is 4.74 Å². The van der Waals surface area contributed by atoms with Gasteiger partial charge in [-0.1, -0.05) is 26.2 Å². The van der Waals surface area contributed by atoms with Gasteiger partial charge in [0.25, 0.3) is 6.26 Å². The monoisotopic (exact) mass is 167 g/mol. The van der Waals surface area contributed by atoms with Crippen LogP contribution >= 0.6 is 0 Å². The smallest absolute Gasteiger partial charge is 0.286 e. The van der Waals surface area contributed by atoms with Crippen molar-refractivity contribution >= 4 is 0 Å². The van der Waals surface area contributed by atoms with Crippen molar-refractivity contribution in [3.05, 3.63) is 0 Å². The van der Waals surface area contributed by atoms with Crippen LogP contribution < -0.4 is 0 Å². The minimum Gasteiger partial charge on any atom is -0.427 e. The molecule has 1 fully saturated rings. The van der Waals surface area contributed by atoms with Gasteiger partial charge in [-0.15, -0.1) is 0 Å². The maximum atomic E-state index is 8.25. The predicted octanol–water partition coefficient (Wildman–Crippen LogP) is 2.70. The van der Waals surface area contributed by atoms with Crippen LogP contribution in [0.15, 0.2) is 0 Å². The zero-order chi connectivity index (χ0) is 8.81. The molecule has 0 radical (unpaired) electrons. The van der Waals surface area contributed by atoms with Gasteiger partial charge in [0.1, 0.15) is 6.61 Å². The van der Waals surface area contributed by atoms with Crippen molar-refractivity contribution in [2.45, 2.75) is 39.0 Å². The minimum absolute atomic E-state index is 0.642. The molecule has 1 rings (SSSR count). The van der Waals surface area contributed by atoms with Crippen molar-refractivity contribution in [1.82, 2.24) is 0 Å². The Kier molecular flexibility index (Phi) is 3.93. The standard InChI is InChI=1S/C10H17NO/c1-2-9-4-3-5-10(6-9)7-12-8-11/h9-10H,2-7H2,1H3. The van der Waals surface area contributed by atoms with Gasteiger partial charge in [-0.2, -0.15) is 5.26 Å². The lowest BCUT2D eigenvalue weighted by atomic mass is 9.81. The van der Waals surface area contributed by atoms with E-state index in [1.54, 1.807) is 6.26 Å². The van der Waals surface area contributed by atoms with Gasteiger partial charge in [-0.05, 0) is 24.7 Å². The number of rotatable bonds is 3. The quantitative estimate of drug-likeness (QED) is 0.605. The van der Waals surface area contributed by atoms with E-state index in [2.05, 4.69) is 6.92 Å². The molecule has 2 unspecified atom stereocenters. The summed E-state index contributed by atoms with van der Waals surface area (Å²) in [6.07, 6.45) is 8.23. The molecule has 0 aliphatic heterocycles. The maximum Gasteiger partial charge on any atom is 0.286 e. The third-order valence-electron chi connectivity index (χ3n) is 2.85. The summed E-state index contributed by atoms with van der Waals surface area (Å²) < 4.78 is 4.77. The lowest BCUT2D eigenvalue weighted by Gasteiger charge is -2.27. The highest BCUT2D eigenvalue weighted by molar-refractivity contribution is 4.72. The van der Waals surface area contributed by atoms with Crippen LogP contribution in [0.2, 0.25) is 0 Å². The highest BCUT2D eigenvalue weighted by Gasteiger charge is 2.20. The molecule has 12 heavy (non-hydrogen) atoms. The molecule has 0 N–H and O–H groups in total. The lowest BCUT2D eigenvalue weighted by Crippen LogP contribution is -2.18. The summed E-state index contributed by atoms with van der Waals surface area (Å²) in [6, 6.07) is 0. The number of nitriles is 1. The van der Waals surface area contributed by atoms with Gasteiger partial charge >= 0.3 is 0 Å². The van der Waals surface area contributed by atoms with E-state index in [0.29, 0.717) is 12.5 Å². The van der Waals surface area contributed by atoms with Crippen molar-refractivity contribution in [2.24, 2.45) is 11.8 Å². The molecule has 0 bridgehead atoms. The summed E-state index contributed by atoms with van der Waals surface area (Å²) in [4.78, 5) is 0. The Balaban J connectivity index is 2.22. The Morgan fingerprint density at radius 3 is 2.83 bits per heavy atom. The molecular weight excluding hydrogens is 150 g/mol. The summed E-state index contributed by atoms with van der Waals surface area (Å²) in [7, 11) is 0. The molecule has 2 atom stereocenters. The highest BCUT2D eigenvalue weighted by Crippen LogP contribution is 2.30. The molecular formula is C10H17NO. The molecule has 0 amide bonds. The van der Waals surface area contributed by atoms with Gasteiger partial charge in [0, 0.05) is 0 Å². The molecule has 2 nitrogen and oxygen atoms in total. The van der Waals surface area contributed by atoms with Gasteiger partial charge in [-0.3, -0.25) is 0 Å². The molecule has 0 heterocycles. The third kappa shape index (κ3) is 2.73. The fraction of sp³-hybridized carbons (Fsp3) is 0.900. The Morgan fingerprint density at radius 1 is 1.42 bits per heavy atom. The number of nitrogens with zero attached hydrogens (tertiary/aromatic N) is 1. The van der Waals surface area contributed by atoms with Crippen LogP contribution in [0.25, 0.3) is 0 Å². The lowest BCUT2D eigenvalue weighted by molar-refractivity contribution is 0.151. The van der Waals surface area contributed by atoms with Crippen LogP contribution in [-0.2, 0) is 4.74 Å². The van der Waals surface area contributed by atoms with E-state index in [1.807, 2.05) is 0 Å². The topological polar surface area (TPSA) is 33.0 Å². The Bertz CT molecular complexity index is 162. The van der Waals surface area contributed by atoms with E-state index < -0.39 is 0 Å². The van der Waals surface area contributed by atoms with Gasteiger partial charge in [0.05, 0.1) is 0 Å². The molecule has 0 aromatic carbocycles. The fourth-order valence-corrected chi connectivity index (χ4v) is 2.08. The molecule has 0 aromatic rings. The molecule has 0 saturated heterocycles. The predicted molar refractivity (Wildman–Crippen MR) is 47.3 cm³/mol. The first-order valence-electron chi connectivity index (χ1n) is 4.87. The van der Waals surface area contributed by atoms with Crippen molar-refractivity contribution in [2.75, 3.05) is 6.61 Å². The Labute approximate surface area is 74.5 Å². The van der Waals surface area contributed by atoms with Crippen LogP contribution in [0.4, 0.5) is 0 Å². The molecule has 1 aliphatic carbocycles. The SMILES string of the molecule is CCC1CCCC(COC#N)C1. The third-order valence-corrected chi connectivity index (χ3v) is 2.85. The van der Waals surface area contributed by atoms with Crippen LogP contribution in [0, 0.1) is 23.4 Å². The van der Waals surface area contributed by atoms with E-state index >= 15 is 0 Å². The molecule has 2 heteroatoms. The van der Waals surface area contributed by atoms with E-state index in [1.165, 1.54) is 32.1 Å². The van der Waals surface area contributed by atoms with E-state index in [-0.39, 0.29) is 0 Å². The van der Waals surface area contributed by atoms with Crippen molar-refractivity contribution in [3.8, 4) is 6.26 Å². The Hall–Kier alpha value is -0.710. The second-order valence-electron chi connectivity index (χ2n) is 3.71. The largest absolute Gasteiger partial charge is 0.427 e. The summed E-state index contributed by atoms with van der Waals surface area (Å²) in [5, 5.41) is 8.25. The van der Waals surface area contributed by atoms with E-state index in [4.69, 9.17) is 10.00 Å².